The maximum absolute atomic E-state index is 5.51. The highest BCUT2D eigenvalue weighted by atomic mass is 32.1. The first-order valence-electron chi connectivity index (χ1n) is 5.50. The van der Waals surface area contributed by atoms with Crippen LogP contribution in [0.2, 0.25) is 0 Å². The topological polar surface area (TPSA) is 34.2 Å². The van der Waals surface area contributed by atoms with Crippen LogP contribution in [0.3, 0.4) is 0 Å². The van der Waals surface area contributed by atoms with Crippen LogP contribution in [0, 0.1) is 6.92 Å². The van der Waals surface area contributed by atoms with Gasteiger partial charge in [-0.1, -0.05) is 0 Å². The fourth-order valence-corrected chi connectivity index (χ4v) is 2.66. The Morgan fingerprint density at radius 2 is 2.53 bits per heavy atom. The molecule has 1 N–H and O–H groups in total. The zero-order valence-corrected chi connectivity index (χ0v) is 10.1. The van der Waals surface area contributed by atoms with Crippen LogP contribution < -0.4 is 5.32 Å². The van der Waals surface area contributed by atoms with Gasteiger partial charge < -0.3 is 10.1 Å². The van der Waals surface area contributed by atoms with Crippen LogP contribution in [-0.4, -0.2) is 23.7 Å². The van der Waals surface area contributed by atoms with E-state index < -0.39 is 0 Å². The molecule has 0 aliphatic carbocycles. The predicted molar refractivity (Wildman–Crippen MR) is 62.1 cm³/mol. The molecule has 3 nitrogen and oxygen atoms in total. The molecule has 1 saturated heterocycles. The zero-order chi connectivity index (χ0) is 10.7. The van der Waals surface area contributed by atoms with E-state index in [-0.39, 0.29) is 0 Å². The van der Waals surface area contributed by atoms with E-state index in [9.17, 15) is 0 Å². The summed E-state index contributed by atoms with van der Waals surface area (Å²) in [6, 6.07) is 0.608. The summed E-state index contributed by atoms with van der Waals surface area (Å²) in [7, 11) is 0. The number of aromatic nitrogens is 1. The van der Waals surface area contributed by atoms with Crippen LogP contribution in [-0.2, 0) is 11.3 Å². The Hall–Kier alpha value is -0.450. The van der Waals surface area contributed by atoms with Crippen LogP contribution in [0.5, 0.6) is 0 Å². The molecule has 0 bridgehead atoms. The Morgan fingerprint density at radius 3 is 3.20 bits per heavy atom. The molecule has 0 amide bonds. The summed E-state index contributed by atoms with van der Waals surface area (Å²) in [5.41, 5.74) is 0. The first-order chi connectivity index (χ1) is 7.24. The van der Waals surface area contributed by atoms with Gasteiger partial charge in [-0.3, -0.25) is 0 Å². The molecule has 84 valence electrons. The lowest BCUT2D eigenvalue weighted by atomic mass is 10.0. The average molecular weight is 226 g/mol. The van der Waals surface area contributed by atoms with E-state index in [1.54, 1.807) is 11.3 Å². The normalized spacial score (nSPS) is 26.8. The molecule has 1 aromatic rings. The number of aryl methyl sites for hydroxylation is 1. The van der Waals surface area contributed by atoms with Crippen molar-refractivity contribution < 1.29 is 4.74 Å². The van der Waals surface area contributed by atoms with Gasteiger partial charge in [-0.2, -0.15) is 0 Å². The van der Waals surface area contributed by atoms with Gasteiger partial charge in [0, 0.05) is 30.3 Å². The zero-order valence-electron chi connectivity index (χ0n) is 9.32. The standard InChI is InChI=1S/C11H18N2OS/c1-8-5-10(3-4-14-8)13-7-11-6-12-9(2)15-11/h6,8,10,13H,3-5,7H2,1-2H3. The molecule has 0 radical (unpaired) electrons. The number of hydrogen-bond donors (Lipinski definition) is 1. The molecule has 2 heterocycles. The summed E-state index contributed by atoms with van der Waals surface area (Å²) in [5.74, 6) is 0. The quantitative estimate of drug-likeness (QED) is 0.857. The van der Waals surface area contributed by atoms with Crippen molar-refractivity contribution in [3.63, 3.8) is 0 Å². The minimum absolute atomic E-state index is 0.402. The molecule has 4 heteroatoms. The van der Waals surface area contributed by atoms with E-state index in [0.29, 0.717) is 12.1 Å². The van der Waals surface area contributed by atoms with E-state index >= 15 is 0 Å². The molecule has 0 spiro atoms. The highest BCUT2D eigenvalue weighted by molar-refractivity contribution is 7.11. The van der Waals surface area contributed by atoms with Gasteiger partial charge in [-0.25, -0.2) is 4.98 Å². The van der Waals surface area contributed by atoms with Gasteiger partial charge in [-0.15, -0.1) is 11.3 Å². The van der Waals surface area contributed by atoms with Gasteiger partial charge in [0.15, 0.2) is 0 Å². The predicted octanol–water partition coefficient (Wildman–Crippen LogP) is 2.11. The lowest BCUT2D eigenvalue weighted by Crippen LogP contribution is -2.37. The maximum atomic E-state index is 5.51. The molecular weight excluding hydrogens is 208 g/mol. The van der Waals surface area contributed by atoms with Gasteiger partial charge in [0.05, 0.1) is 11.1 Å². The summed E-state index contributed by atoms with van der Waals surface area (Å²) in [6.45, 7) is 6.03. The summed E-state index contributed by atoms with van der Waals surface area (Å²) in [6.07, 6.45) is 4.62. The van der Waals surface area contributed by atoms with Crippen LogP contribution in [0.1, 0.15) is 29.7 Å². The van der Waals surface area contributed by atoms with Gasteiger partial charge in [-0.05, 0) is 26.7 Å². The Morgan fingerprint density at radius 1 is 1.67 bits per heavy atom. The number of nitrogens with one attached hydrogen (secondary N) is 1. The molecule has 0 saturated carbocycles. The van der Waals surface area contributed by atoms with Gasteiger partial charge in [0.1, 0.15) is 0 Å². The molecule has 0 aromatic carbocycles. The number of thiazole rings is 1. The third-order valence-corrected chi connectivity index (χ3v) is 3.63. The third-order valence-electron chi connectivity index (χ3n) is 2.72. The summed E-state index contributed by atoms with van der Waals surface area (Å²) < 4.78 is 5.51. The molecule has 1 aliphatic rings. The van der Waals surface area contributed by atoms with Crippen molar-refractivity contribution in [3.8, 4) is 0 Å². The molecule has 2 unspecified atom stereocenters. The Balaban J connectivity index is 1.77. The highest BCUT2D eigenvalue weighted by Gasteiger charge is 2.18. The van der Waals surface area contributed by atoms with Gasteiger partial charge in [0.2, 0.25) is 0 Å². The first kappa shape index (κ1) is 11.0. The van der Waals surface area contributed by atoms with Crippen molar-refractivity contribution in [1.82, 2.24) is 10.3 Å². The summed E-state index contributed by atoms with van der Waals surface area (Å²) in [5, 5.41) is 4.72. The number of hydrogen-bond acceptors (Lipinski definition) is 4. The molecule has 2 rings (SSSR count). The van der Waals surface area contributed by atoms with Crippen LogP contribution >= 0.6 is 11.3 Å². The fraction of sp³-hybridized carbons (Fsp3) is 0.727. The second kappa shape index (κ2) is 5.05. The Kier molecular flexibility index (Phi) is 3.72. The van der Waals surface area contributed by atoms with Crippen molar-refractivity contribution in [3.05, 3.63) is 16.1 Å². The smallest absolute Gasteiger partial charge is 0.0897 e. The van der Waals surface area contributed by atoms with E-state index in [1.807, 2.05) is 13.1 Å². The van der Waals surface area contributed by atoms with Crippen LogP contribution in [0.15, 0.2) is 6.20 Å². The number of nitrogens with zero attached hydrogens (tertiary/aromatic N) is 1. The van der Waals surface area contributed by atoms with Crippen molar-refractivity contribution >= 4 is 11.3 Å². The fourth-order valence-electron chi connectivity index (χ4n) is 1.92. The third kappa shape index (κ3) is 3.26. The minimum Gasteiger partial charge on any atom is -0.378 e. The Labute approximate surface area is 94.9 Å². The lowest BCUT2D eigenvalue weighted by Gasteiger charge is -2.27. The molecule has 1 aromatic heterocycles. The van der Waals surface area contributed by atoms with Crippen molar-refractivity contribution in [2.75, 3.05) is 6.61 Å². The monoisotopic (exact) mass is 226 g/mol. The van der Waals surface area contributed by atoms with E-state index in [4.69, 9.17) is 4.74 Å². The second-order valence-corrected chi connectivity index (χ2v) is 5.45. The lowest BCUT2D eigenvalue weighted by molar-refractivity contribution is 0.0131. The van der Waals surface area contributed by atoms with E-state index in [2.05, 4.69) is 17.2 Å². The SMILES string of the molecule is Cc1ncc(CNC2CCOC(C)C2)s1. The summed E-state index contributed by atoms with van der Waals surface area (Å²) in [4.78, 5) is 5.57. The van der Waals surface area contributed by atoms with Crippen molar-refractivity contribution in [2.45, 2.75) is 45.4 Å². The van der Waals surface area contributed by atoms with Crippen LogP contribution in [0.4, 0.5) is 0 Å². The van der Waals surface area contributed by atoms with Gasteiger partial charge >= 0.3 is 0 Å². The van der Waals surface area contributed by atoms with E-state index in [0.717, 1.165) is 31.0 Å². The van der Waals surface area contributed by atoms with Gasteiger partial charge in [0.25, 0.3) is 0 Å². The first-order valence-corrected chi connectivity index (χ1v) is 6.32. The molecule has 1 fully saturated rings. The molecule has 2 atom stereocenters. The molecular formula is C11H18N2OS. The molecule has 15 heavy (non-hydrogen) atoms. The van der Waals surface area contributed by atoms with Crippen LogP contribution in [0.25, 0.3) is 0 Å². The second-order valence-electron chi connectivity index (χ2n) is 4.13. The summed E-state index contributed by atoms with van der Waals surface area (Å²) >= 11 is 1.77. The molecule has 1 aliphatic heterocycles. The maximum Gasteiger partial charge on any atom is 0.0897 e. The number of ether oxygens (including phenoxy) is 1. The minimum atomic E-state index is 0.402. The largest absolute Gasteiger partial charge is 0.378 e. The highest BCUT2D eigenvalue weighted by Crippen LogP contribution is 2.15. The average Bonchev–Trinajstić information content (AvgIpc) is 2.62. The number of rotatable bonds is 3. The van der Waals surface area contributed by atoms with Crippen molar-refractivity contribution in [1.29, 1.82) is 0 Å². The van der Waals surface area contributed by atoms with Crippen molar-refractivity contribution in [2.24, 2.45) is 0 Å². The Bertz CT molecular complexity index is 313. The van der Waals surface area contributed by atoms with E-state index in [1.165, 1.54) is 4.88 Å².